The number of benzene rings is 2. The van der Waals surface area contributed by atoms with Gasteiger partial charge in [-0.15, -0.1) is 0 Å². The molecule has 2 saturated heterocycles. The van der Waals surface area contributed by atoms with Crippen molar-refractivity contribution >= 4 is 16.9 Å². The summed E-state index contributed by atoms with van der Waals surface area (Å²) in [6.45, 7) is 8.08. The molecular formula is C37H46N4O2S. The van der Waals surface area contributed by atoms with Gasteiger partial charge in [0.25, 0.3) is 0 Å². The number of anilines is 1. The normalized spacial score (nSPS) is 23.5. The molecule has 2 unspecified atom stereocenters. The van der Waals surface area contributed by atoms with Crippen LogP contribution in [0.25, 0.3) is 0 Å². The summed E-state index contributed by atoms with van der Waals surface area (Å²) < 4.78 is 18.5. The van der Waals surface area contributed by atoms with Gasteiger partial charge in [-0.2, -0.15) is 5.26 Å². The van der Waals surface area contributed by atoms with Gasteiger partial charge in [-0.1, -0.05) is 43.2 Å². The molecule has 3 heterocycles. The zero-order chi connectivity index (χ0) is 30.5. The van der Waals surface area contributed by atoms with Gasteiger partial charge in [-0.3, -0.25) is 4.98 Å². The van der Waals surface area contributed by atoms with E-state index in [4.69, 9.17) is 4.74 Å². The molecule has 1 saturated carbocycles. The van der Waals surface area contributed by atoms with Crippen LogP contribution in [0.2, 0.25) is 0 Å². The Labute approximate surface area is 266 Å². The summed E-state index contributed by atoms with van der Waals surface area (Å²) >= 11 is -1.19. The van der Waals surface area contributed by atoms with Crippen LogP contribution in [0.1, 0.15) is 49.8 Å². The van der Waals surface area contributed by atoms with Crippen LogP contribution in [0.5, 0.6) is 0 Å². The maximum absolute atomic E-state index is 13.0. The molecular weight excluding hydrogens is 565 g/mol. The molecule has 2 aromatic carbocycles. The molecule has 3 aliphatic rings. The predicted octanol–water partition coefficient (Wildman–Crippen LogP) is 6.62. The smallest absolute Gasteiger partial charge is 0.161 e. The second-order valence-electron chi connectivity index (χ2n) is 13.2. The number of methoxy groups -OCH3 is 1. The van der Waals surface area contributed by atoms with E-state index in [9.17, 15) is 9.81 Å². The molecule has 0 spiro atoms. The third kappa shape index (κ3) is 6.41. The van der Waals surface area contributed by atoms with Crippen LogP contribution in [0.15, 0.2) is 82.7 Å². The Hall–Kier alpha value is -2.89. The predicted molar refractivity (Wildman–Crippen MR) is 176 cm³/mol. The molecule has 0 radical (unpaired) electrons. The molecule has 0 bridgehead atoms. The highest BCUT2D eigenvalue weighted by Gasteiger charge is 2.51. The average molecular weight is 611 g/mol. The van der Waals surface area contributed by atoms with Gasteiger partial charge in [0.2, 0.25) is 0 Å². The zero-order valence-corrected chi connectivity index (χ0v) is 27.1. The van der Waals surface area contributed by atoms with E-state index in [1.165, 1.54) is 24.1 Å². The third-order valence-electron chi connectivity index (χ3n) is 10.6. The van der Waals surface area contributed by atoms with Crippen molar-refractivity contribution in [2.75, 3.05) is 51.3 Å². The summed E-state index contributed by atoms with van der Waals surface area (Å²) in [5.41, 5.74) is 2.90. The Kier molecular flexibility index (Phi) is 9.92. The highest BCUT2D eigenvalue weighted by atomic mass is 32.2. The van der Waals surface area contributed by atoms with Gasteiger partial charge in [0.05, 0.1) is 11.5 Å². The van der Waals surface area contributed by atoms with Crippen LogP contribution >= 0.6 is 0 Å². The van der Waals surface area contributed by atoms with Crippen molar-refractivity contribution in [2.24, 2.45) is 23.7 Å². The minimum absolute atomic E-state index is 0.386. The van der Waals surface area contributed by atoms with Crippen molar-refractivity contribution in [1.82, 2.24) is 9.88 Å². The number of nitriles is 1. The van der Waals surface area contributed by atoms with E-state index < -0.39 is 16.6 Å². The molecule has 6 nitrogen and oxygen atoms in total. The molecule has 4 atom stereocenters. The third-order valence-corrected chi connectivity index (χ3v) is 12.0. The lowest BCUT2D eigenvalue weighted by molar-refractivity contribution is 0.0820. The van der Waals surface area contributed by atoms with Gasteiger partial charge in [0, 0.05) is 80.2 Å². The topological polar surface area (TPSA) is 75.5 Å². The fraction of sp³-hybridized carbons (Fsp3) is 0.514. The van der Waals surface area contributed by atoms with Gasteiger partial charge >= 0.3 is 0 Å². The maximum atomic E-state index is 13.0. The average Bonchev–Trinajstić information content (AvgIpc) is 3.52. The highest BCUT2D eigenvalue weighted by Crippen LogP contribution is 2.53. The second kappa shape index (κ2) is 14.0. The Morgan fingerprint density at radius 1 is 1.00 bits per heavy atom. The second-order valence-corrected chi connectivity index (χ2v) is 14.6. The number of aryl methyl sites for hydroxylation is 1. The van der Waals surface area contributed by atoms with E-state index in [0.717, 1.165) is 80.5 Å². The van der Waals surface area contributed by atoms with Crippen LogP contribution in [0, 0.1) is 41.9 Å². The number of hydrogen-bond acceptors (Lipinski definition) is 6. The number of likely N-dealkylation sites (tertiary alicyclic amines) is 1. The first-order valence-corrected chi connectivity index (χ1v) is 17.5. The summed E-state index contributed by atoms with van der Waals surface area (Å²) in [6, 6.07) is 25.7. The van der Waals surface area contributed by atoms with Crippen LogP contribution in [0.3, 0.4) is 0 Å². The summed E-state index contributed by atoms with van der Waals surface area (Å²) in [7, 11) is 1.79. The zero-order valence-electron chi connectivity index (χ0n) is 26.2. The number of nitrogens with zero attached hydrogens (tertiary/aromatic N) is 4. The molecule has 232 valence electrons. The SMILES string of the molecule is COCC[C@@H]1CCC[C@H]1C(C#N)(c1ccccc1)C1CCN(CC2CN(c3ccc([S+]([O-])c4ccnc(C)c4)cc3)C2)CC1. The summed E-state index contributed by atoms with van der Waals surface area (Å²) in [5, 5.41) is 11.0. The minimum atomic E-state index is -1.19. The maximum Gasteiger partial charge on any atom is 0.161 e. The number of hydrogen-bond donors (Lipinski definition) is 0. The van der Waals surface area contributed by atoms with Crippen molar-refractivity contribution in [3.63, 3.8) is 0 Å². The number of rotatable bonds is 11. The number of aromatic nitrogens is 1. The van der Waals surface area contributed by atoms with Crippen LogP contribution < -0.4 is 4.90 Å². The molecule has 7 heteroatoms. The fourth-order valence-corrected chi connectivity index (χ4v) is 9.46. The molecule has 1 aliphatic carbocycles. The van der Waals surface area contributed by atoms with Gasteiger partial charge in [0.15, 0.2) is 9.79 Å². The monoisotopic (exact) mass is 610 g/mol. The Balaban J connectivity index is 1.04. The lowest BCUT2D eigenvalue weighted by atomic mass is 9.58. The van der Waals surface area contributed by atoms with Crippen molar-refractivity contribution < 1.29 is 9.29 Å². The van der Waals surface area contributed by atoms with Crippen molar-refractivity contribution in [1.29, 1.82) is 5.26 Å². The Morgan fingerprint density at radius 3 is 2.43 bits per heavy atom. The molecule has 3 aromatic rings. The Bertz CT molecular complexity index is 1400. The molecule has 44 heavy (non-hydrogen) atoms. The van der Waals surface area contributed by atoms with E-state index in [-0.39, 0.29) is 0 Å². The molecule has 2 aliphatic heterocycles. The lowest BCUT2D eigenvalue weighted by Gasteiger charge is -2.48. The Morgan fingerprint density at radius 2 is 1.75 bits per heavy atom. The minimum Gasteiger partial charge on any atom is -0.606 e. The number of pyridine rings is 1. The first-order chi connectivity index (χ1) is 21.5. The summed E-state index contributed by atoms with van der Waals surface area (Å²) in [5.74, 6) is 2.00. The van der Waals surface area contributed by atoms with E-state index in [1.807, 2.05) is 31.2 Å². The molecule has 0 amide bonds. The van der Waals surface area contributed by atoms with Gasteiger partial charge in [0.1, 0.15) is 0 Å². The van der Waals surface area contributed by atoms with E-state index >= 15 is 0 Å². The molecule has 3 fully saturated rings. The van der Waals surface area contributed by atoms with Gasteiger partial charge in [-0.25, -0.2) is 0 Å². The molecule has 6 rings (SSSR count). The fourth-order valence-electron chi connectivity index (χ4n) is 8.34. The number of piperidine rings is 1. The van der Waals surface area contributed by atoms with Crippen molar-refractivity contribution in [3.8, 4) is 6.07 Å². The number of ether oxygens (including phenoxy) is 1. The highest BCUT2D eigenvalue weighted by molar-refractivity contribution is 7.91. The lowest BCUT2D eigenvalue weighted by Crippen LogP contribution is -2.54. The molecule has 0 N–H and O–H groups in total. The van der Waals surface area contributed by atoms with Crippen LogP contribution in [0.4, 0.5) is 5.69 Å². The van der Waals surface area contributed by atoms with Gasteiger partial charge < -0.3 is 19.1 Å². The quantitative estimate of drug-likeness (QED) is 0.227. The first kappa shape index (κ1) is 31.1. The van der Waals surface area contributed by atoms with E-state index in [2.05, 4.69) is 63.3 Å². The largest absolute Gasteiger partial charge is 0.606 e. The van der Waals surface area contributed by atoms with Crippen molar-refractivity contribution in [2.45, 2.75) is 60.7 Å². The summed E-state index contributed by atoms with van der Waals surface area (Å²) in [4.78, 5) is 10.9. The van der Waals surface area contributed by atoms with E-state index in [1.54, 1.807) is 13.3 Å². The van der Waals surface area contributed by atoms with Crippen LogP contribution in [-0.2, 0) is 21.3 Å². The van der Waals surface area contributed by atoms with E-state index in [0.29, 0.717) is 23.7 Å². The van der Waals surface area contributed by atoms with Crippen molar-refractivity contribution in [3.05, 3.63) is 84.2 Å². The first-order valence-electron chi connectivity index (χ1n) is 16.4. The summed E-state index contributed by atoms with van der Waals surface area (Å²) in [6.07, 6.45) is 8.53. The van der Waals surface area contributed by atoms with Crippen LogP contribution in [-0.4, -0.2) is 60.9 Å². The standard InChI is InChI=1S/C37H46N4O2S/c1-28-23-35(15-19-39-28)44(42)34-13-11-33(12-14-34)41-25-29(26-41)24-40-20-16-32(17-21-40)37(27-38,31-8-4-3-5-9-31)36-10-6-7-30(36)18-22-43-2/h3-5,8-9,11-15,19,23,29-30,32,36H,6-7,10,16-18,20-22,24-26H2,1-2H3/t30-,36+,37?,44?/m0/s1. The van der Waals surface area contributed by atoms with Gasteiger partial charge in [-0.05, 0) is 93.3 Å². The molecule has 1 aromatic heterocycles.